The quantitative estimate of drug-likeness (QED) is 0.897. The first-order chi connectivity index (χ1) is 8.90. The molecule has 0 aliphatic carbocycles. The predicted octanol–water partition coefficient (Wildman–Crippen LogP) is 3.44. The molecule has 0 amide bonds. The van der Waals surface area contributed by atoms with Crippen LogP contribution >= 0.6 is 11.6 Å². The molecule has 1 heterocycles. The van der Waals surface area contributed by atoms with Crippen molar-refractivity contribution in [1.29, 1.82) is 0 Å². The van der Waals surface area contributed by atoms with Gasteiger partial charge in [-0.2, -0.15) is 0 Å². The summed E-state index contributed by atoms with van der Waals surface area (Å²) in [5.41, 5.74) is 0.308. The molecule has 1 N–H and O–H groups in total. The summed E-state index contributed by atoms with van der Waals surface area (Å²) >= 11 is 6.02. The summed E-state index contributed by atoms with van der Waals surface area (Å²) in [5, 5.41) is 3.57. The highest BCUT2D eigenvalue weighted by molar-refractivity contribution is 6.33. The lowest BCUT2D eigenvalue weighted by Crippen LogP contribution is -2.57. The fourth-order valence-corrected chi connectivity index (χ4v) is 2.76. The van der Waals surface area contributed by atoms with Crippen molar-refractivity contribution in [3.05, 3.63) is 28.8 Å². The van der Waals surface area contributed by atoms with Crippen LogP contribution in [-0.4, -0.2) is 25.2 Å². The van der Waals surface area contributed by atoms with Crippen molar-refractivity contribution in [2.75, 3.05) is 18.0 Å². The van der Waals surface area contributed by atoms with Crippen LogP contribution in [0.3, 0.4) is 0 Å². The van der Waals surface area contributed by atoms with Crippen molar-refractivity contribution in [2.45, 2.75) is 32.9 Å². The molecule has 1 aliphatic heterocycles. The van der Waals surface area contributed by atoms with Gasteiger partial charge in [0.2, 0.25) is 0 Å². The van der Waals surface area contributed by atoms with E-state index in [1.54, 1.807) is 0 Å². The van der Waals surface area contributed by atoms with Crippen LogP contribution < -0.4 is 10.2 Å². The molecule has 2 unspecified atom stereocenters. The topological polar surface area (TPSA) is 15.3 Å². The monoisotopic (exact) mass is 288 g/mol. The Labute approximate surface area is 117 Å². The van der Waals surface area contributed by atoms with Gasteiger partial charge in [0, 0.05) is 31.2 Å². The van der Waals surface area contributed by atoms with Crippen LogP contribution in [0.1, 0.15) is 20.8 Å². The normalized spacial score (nSPS) is 24.1. The molecule has 0 saturated carbocycles. The van der Waals surface area contributed by atoms with Gasteiger partial charge in [0.05, 0.1) is 10.7 Å². The number of nitrogens with one attached hydrogen (secondary N) is 1. The number of benzene rings is 1. The fourth-order valence-electron chi connectivity index (χ4n) is 2.46. The fraction of sp³-hybridized carbons (Fsp3) is 0.571. The summed E-state index contributed by atoms with van der Waals surface area (Å²) < 4.78 is 27.1. The summed E-state index contributed by atoms with van der Waals surface area (Å²) in [5.74, 6) is -0.798. The van der Waals surface area contributed by atoms with Gasteiger partial charge in [0.15, 0.2) is 5.82 Å². The van der Waals surface area contributed by atoms with Gasteiger partial charge in [-0.1, -0.05) is 25.4 Å². The Hall–Kier alpha value is -0.870. The Balaban J connectivity index is 2.34. The van der Waals surface area contributed by atoms with Gasteiger partial charge >= 0.3 is 0 Å². The zero-order valence-electron chi connectivity index (χ0n) is 11.4. The summed E-state index contributed by atoms with van der Waals surface area (Å²) in [6.45, 7) is 7.67. The lowest BCUT2D eigenvalue weighted by atomic mass is 9.99. The van der Waals surface area contributed by atoms with E-state index in [1.807, 2.05) is 11.8 Å². The molecule has 2 atom stereocenters. The molecule has 5 heteroatoms. The van der Waals surface area contributed by atoms with Gasteiger partial charge < -0.3 is 10.2 Å². The van der Waals surface area contributed by atoms with Gasteiger partial charge in [-0.15, -0.1) is 0 Å². The molecular weight excluding hydrogens is 270 g/mol. The molecule has 2 rings (SSSR count). The second-order valence-corrected chi connectivity index (χ2v) is 5.89. The second kappa shape index (κ2) is 5.63. The average molecular weight is 289 g/mol. The van der Waals surface area contributed by atoms with Gasteiger partial charge in [-0.05, 0) is 18.9 Å². The van der Waals surface area contributed by atoms with Crippen molar-refractivity contribution < 1.29 is 8.78 Å². The standard InChI is InChI=1S/C14H19ClF2N2/c1-8(2)13-7-19(9(3)6-18-13)14-11(15)4-10(16)5-12(14)17/h4-5,8-9,13,18H,6-7H2,1-3H3. The van der Waals surface area contributed by atoms with Crippen molar-refractivity contribution >= 4 is 17.3 Å². The van der Waals surface area contributed by atoms with Crippen molar-refractivity contribution in [3.63, 3.8) is 0 Å². The SMILES string of the molecule is CC(C)C1CN(c2c(F)cc(F)cc2Cl)C(C)CN1. The first kappa shape index (κ1) is 14.5. The van der Waals surface area contributed by atoms with Crippen LogP contribution in [0, 0.1) is 17.6 Å². The minimum atomic E-state index is -0.644. The Kier molecular flexibility index (Phi) is 4.31. The predicted molar refractivity (Wildman–Crippen MR) is 74.8 cm³/mol. The highest BCUT2D eigenvalue weighted by Gasteiger charge is 2.30. The summed E-state index contributed by atoms with van der Waals surface area (Å²) in [6.07, 6.45) is 0. The van der Waals surface area contributed by atoms with Crippen LogP contribution in [0.5, 0.6) is 0 Å². The third-order valence-electron chi connectivity index (χ3n) is 3.67. The van der Waals surface area contributed by atoms with E-state index in [-0.39, 0.29) is 17.1 Å². The number of nitrogens with zero attached hydrogens (tertiary/aromatic N) is 1. The Bertz CT molecular complexity index is 442. The lowest BCUT2D eigenvalue weighted by Gasteiger charge is -2.42. The van der Waals surface area contributed by atoms with Crippen LogP contribution in [-0.2, 0) is 0 Å². The summed E-state index contributed by atoms with van der Waals surface area (Å²) in [6, 6.07) is 2.45. The molecule has 1 saturated heterocycles. The molecule has 1 aliphatic rings. The smallest absolute Gasteiger partial charge is 0.150 e. The van der Waals surface area contributed by atoms with Crippen LogP contribution in [0.2, 0.25) is 5.02 Å². The highest BCUT2D eigenvalue weighted by Crippen LogP contribution is 2.32. The maximum atomic E-state index is 14.0. The minimum Gasteiger partial charge on any atom is -0.362 e. The second-order valence-electron chi connectivity index (χ2n) is 5.48. The minimum absolute atomic E-state index is 0.118. The van der Waals surface area contributed by atoms with E-state index in [2.05, 4.69) is 19.2 Å². The van der Waals surface area contributed by atoms with Gasteiger partial charge in [0.1, 0.15) is 5.82 Å². The van der Waals surface area contributed by atoms with Crippen LogP contribution in [0.15, 0.2) is 12.1 Å². The molecule has 1 fully saturated rings. The lowest BCUT2D eigenvalue weighted by molar-refractivity contribution is 0.335. The molecule has 1 aromatic rings. The first-order valence-electron chi connectivity index (χ1n) is 6.54. The molecule has 2 nitrogen and oxygen atoms in total. The molecule has 106 valence electrons. The van der Waals surface area contributed by atoms with E-state index in [9.17, 15) is 8.78 Å². The van der Waals surface area contributed by atoms with E-state index in [4.69, 9.17) is 11.6 Å². The van der Waals surface area contributed by atoms with Gasteiger partial charge in [-0.25, -0.2) is 8.78 Å². The molecule has 0 bridgehead atoms. The van der Waals surface area contributed by atoms with E-state index >= 15 is 0 Å². The number of halogens is 3. The zero-order chi connectivity index (χ0) is 14.2. The molecule has 1 aromatic carbocycles. The number of piperazine rings is 1. The van der Waals surface area contributed by atoms with E-state index in [0.717, 1.165) is 12.6 Å². The average Bonchev–Trinajstić information content (AvgIpc) is 2.29. The maximum absolute atomic E-state index is 14.0. The molecule has 0 radical (unpaired) electrons. The Morgan fingerprint density at radius 2 is 2.05 bits per heavy atom. The number of hydrogen-bond acceptors (Lipinski definition) is 2. The van der Waals surface area contributed by atoms with Crippen LogP contribution in [0.25, 0.3) is 0 Å². The Morgan fingerprint density at radius 3 is 2.63 bits per heavy atom. The number of anilines is 1. The van der Waals surface area contributed by atoms with E-state index < -0.39 is 11.6 Å². The van der Waals surface area contributed by atoms with Crippen molar-refractivity contribution in [1.82, 2.24) is 5.32 Å². The third kappa shape index (κ3) is 3.00. The maximum Gasteiger partial charge on any atom is 0.150 e. The van der Waals surface area contributed by atoms with Crippen LogP contribution in [0.4, 0.5) is 14.5 Å². The summed E-state index contributed by atoms with van der Waals surface area (Å²) in [4.78, 5) is 1.93. The van der Waals surface area contributed by atoms with E-state index in [1.165, 1.54) is 6.07 Å². The number of rotatable bonds is 2. The molecular formula is C14H19ClF2N2. The third-order valence-corrected chi connectivity index (χ3v) is 3.96. The zero-order valence-corrected chi connectivity index (χ0v) is 12.1. The molecule has 0 spiro atoms. The van der Waals surface area contributed by atoms with Crippen molar-refractivity contribution in [3.8, 4) is 0 Å². The Morgan fingerprint density at radius 1 is 1.37 bits per heavy atom. The van der Waals surface area contributed by atoms with Crippen molar-refractivity contribution in [2.24, 2.45) is 5.92 Å². The van der Waals surface area contributed by atoms with Gasteiger partial charge in [-0.3, -0.25) is 0 Å². The highest BCUT2D eigenvalue weighted by atomic mass is 35.5. The van der Waals surface area contributed by atoms with E-state index in [0.29, 0.717) is 18.2 Å². The molecule has 0 aromatic heterocycles. The first-order valence-corrected chi connectivity index (χ1v) is 6.92. The number of hydrogen-bond donors (Lipinski definition) is 1. The largest absolute Gasteiger partial charge is 0.362 e. The molecule has 19 heavy (non-hydrogen) atoms. The summed E-state index contributed by atoms with van der Waals surface area (Å²) in [7, 11) is 0. The van der Waals surface area contributed by atoms with Gasteiger partial charge in [0.25, 0.3) is 0 Å².